The molecule has 0 heterocycles. The lowest BCUT2D eigenvalue weighted by Gasteiger charge is -2.28. The quantitative estimate of drug-likeness (QED) is 0.0794. The number of carbonyl (C=O) groups excluding carboxylic acids is 1. The summed E-state index contributed by atoms with van der Waals surface area (Å²) >= 11 is 0. The normalized spacial score (nSPS) is 16.8. The first-order valence-corrected chi connectivity index (χ1v) is 17.7. The molecule has 0 aromatic heterocycles. The van der Waals surface area contributed by atoms with Crippen LogP contribution in [0.5, 0.6) is 11.5 Å². The maximum Gasteiger partial charge on any atom is 0.343 e. The first-order chi connectivity index (χ1) is 20.7. The molecule has 234 valence electrons. The number of benzene rings is 2. The summed E-state index contributed by atoms with van der Waals surface area (Å²) in [5, 5.41) is 0. The molecule has 0 aliphatic heterocycles. The fourth-order valence-corrected chi connectivity index (χ4v) is 6.40. The maximum absolute atomic E-state index is 12.7. The van der Waals surface area contributed by atoms with Crippen molar-refractivity contribution in [3.63, 3.8) is 0 Å². The van der Waals surface area contributed by atoms with Crippen LogP contribution in [0, 0.1) is 11.8 Å². The van der Waals surface area contributed by atoms with E-state index in [1.54, 1.807) is 12.1 Å². The maximum atomic E-state index is 12.7. The van der Waals surface area contributed by atoms with Gasteiger partial charge in [-0.1, -0.05) is 142 Å². The Kier molecular flexibility index (Phi) is 17.4. The molecule has 0 unspecified atom stereocenters. The Bertz CT molecular complexity index is 941. The van der Waals surface area contributed by atoms with E-state index in [-0.39, 0.29) is 5.97 Å². The Balaban J connectivity index is 1.26. The highest BCUT2D eigenvalue weighted by Crippen LogP contribution is 2.34. The molecular formula is C39H60O3. The zero-order valence-corrected chi connectivity index (χ0v) is 27.1. The molecule has 0 amide bonds. The summed E-state index contributed by atoms with van der Waals surface area (Å²) in [4.78, 5) is 12.7. The van der Waals surface area contributed by atoms with Crippen molar-refractivity contribution in [2.45, 2.75) is 149 Å². The van der Waals surface area contributed by atoms with Gasteiger partial charge in [0.2, 0.25) is 0 Å². The lowest BCUT2D eigenvalue weighted by atomic mass is 9.78. The van der Waals surface area contributed by atoms with Crippen LogP contribution in [0.2, 0.25) is 0 Å². The number of unbranched alkanes of at least 4 members (excludes halogenated alkanes) is 12. The predicted molar refractivity (Wildman–Crippen MR) is 178 cm³/mol. The molecule has 1 saturated carbocycles. The van der Waals surface area contributed by atoms with Crippen LogP contribution in [0.1, 0.15) is 158 Å². The number of carbonyl (C=O) groups is 1. The first kappa shape index (κ1) is 34.2. The van der Waals surface area contributed by atoms with Gasteiger partial charge in [0, 0.05) is 0 Å². The Morgan fingerprint density at radius 1 is 0.595 bits per heavy atom. The fourth-order valence-electron chi connectivity index (χ4n) is 6.40. The second kappa shape index (κ2) is 21.4. The third kappa shape index (κ3) is 14.3. The number of aryl methyl sites for hydroxylation is 1. The van der Waals surface area contributed by atoms with Gasteiger partial charge < -0.3 is 9.47 Å². The highest BCUT2D eigenvalue weighted by molar-refractivity contribution is 5.91. The van der Waals surface area contributed by atoms with Crippen LogP contribution in [-0.4, -0.2) is 12.6 Å². The number of hydrogen-bond donors (Lipinski definition) is 0. The van der Waals surface area contributed by atoms with Gasteiger partial charge in [-0.25, -0.2) is 4.79 Å². The summed E-state index contributed by atoms with van der Waals surface area (Å²) in [5.41, 5.74) is 1.88. The van der Waals surface area contributed by atoms with Gasteiger partial charge in [-0.15, -0.1) is 0 Å². The minimum absolute atomic E-state index is 0.324. The molecule has 3 nitrogen and oxygen atoms in total. The lowest BCUT2D eigenvalue weighted by Crippen LogP contribution is -2.15. The van der Waals surface area contributed by atoms with E-state index in [1.807, 2.05) is 24.3 Å². The van der Waals surface area contributed by atoms with Crippen LogP contribution in [0.25, 0.3) is 0 Å². The molecule has 0 atom stereocenters. The molecule has 0 bridgehead atoms. The molecule has 0 saturated heterocycles. The molecule has 1 fully saturated rings. The monoisotopic (exact) mass is 576 g/mol. The van der Waals surface area contributed by atoms with Crippen molar-refractivity contribution in [2.75, 3.05) is 6.61 Å². The van der Waals surface area contributed by atoms with Crippen molar-refractivity contribution >= 4 is 5.97 Å². The van der Waals surface area contributed by atoms with Gasteiger partial charge in [-0.3, -0.25) is 0 Å². The summed E-state index contributed by atoms with van der Waals surface area (Å²) in [6.45, 7) is 5.28. The zero-order chi connectivity index (χ0) is 29.7. The Hall–Kier alpha value is -2.29. The molecule has 3 rings (SSSR count). The van der Waals surface area contributed by atoms with Crippen LogP contribution in [0.3, 0.4) is 0 Å². The van der Waals surface area contributed by atoms with E-state index in [0.29, 0.717) is 11.3 Å². The van der Waals surface area contributed by atoms with Crippen LogP contribution >= 0.6 is 0 Å². The van der Waals surface area contributed by atoms with Crippen LogP contribution in [-0.2, 0) is 6.42 Å². The molecule has 2 aromatic rings. The summed E-state index contributed by atoms with van der Waals surface area (Å²) in [7, 11) is 0. The summed E-state index contributed by atoms with van der Waals surface area (Å²) in [6.07, 6.45) is 28.3. The molecule has 1 aliphatic rings. The molecule has 0 spiro atoms. The van der Waals surface area contributed by atoms with Gasteiger partial charge in [0.15, 0.2) is 0 Å². The summed E-state index contributed by atoms with van der Waals surface area (Å²) in [6, 6.07) is 15.4. The minimum atomic E-state index is -0.324. The zero-order valence-electron chi connectivity index (χ0n) is 27.1. The molecule has 3 heteroatoms. The third-order valence-corrected chi connectivity index (χ3v) is 9.26. The largest absolute Gasteiger partial charge is 0.494 e. The van der Waals surface area contributed by atoms with Crippen LogP contribution < -0.4 is 9.47 Å². The third-order valence-electron chi connectivity index (χ3n) is 9.26. The fraction of sp³-hybridized carbons (Fsp3) is 0.667. The van der Waals surface area contributed by atoms with Crippen molar-refractivity contribution in [3.05, 3.63) is 59.7 Å². The summed E-state index contributed by atoms with van der Waals surface area (Å²) in [5.74, 6) is 2.94. The van der Waals surface area contributed by atoms with Gasteiger partial charge in [-0.05, 0) is 73.1 Å². The van der Waals surface area contributed by atoms with Crippen LogP contribution in [0.4, 0.5) is 0 Å². The van der Waals surface area contributed by atoms with E-state index in [2.05, 4.69) is 26.0 Å². The van der Waals surface area contributed by atoms with Gasteiger partial charge in [0.25, 0.3) is 0 Å². The predicted octanol–water partition coefficient (Wildman–Crippen LogP) is 11.9. The standard InChI is InChI=1S/C39H60O3/c1-3-5-7-9-10-11-12-14-16-32-41-37-30-26-36(27-31-37)39(40)42-38-28-24-35(25-29-38)23-22-34-20-18-33(19-21-34)17-15-13-8-6-4-2/h24-31,33-34H,3-23,32H2,1-2H3/t33-,34-. The van der Waals surface area contributed by atoms with E-state index < -0.39 is 0 Å². The van der Waals surface area contributed by atoms with Gasteiger partial charge in [-0.2, -0.15) is 0 Å². The Labute approximate surface area is 258 Å². The topological polar surface area (TPSA) is 35.5 Å². The van der Waals surface area contributed by atoms with Crippen molar-refractivity contribution in [1.82, 2.24) is 0 Å². The SMILES string of the molecule is CCCCCCCCCCCOc1ccc(C(=O)Oc2ccc(CC[C@H]3CC[C@H](CCCCCCC)CC3)cc2)cc1. The average molecular weight is 577 g/mol. The molecule has 1 aliphatic carbocycles. The summed E-state index contributed by atoms with van der Waals surface area (Å²) < 4.78 is 11.5. The number of hydrogen-bond acceptors (Lipinski definition) is 3. The van der Waals surface area contributed by atoms with Crippen molar-refractivity contribution in [1.29, 1.82) is 0 Å². The van der Waals surface area contributed by atoms with Crippen LogP contribution in [0.15, 0.2) is 48.5 Å². The van der Waals surface area contributed by atoms with Gasteiger partial charge in [0.1, 0.15) is 11.5 Å². The molecule has 2 aromatic carbocycles. The van der Waals surface area contributed by atoms with E-state index in [4.69, 9.17) is 9.47 Å². The van der Waals surface area contributed by atoms with E-state index in [9.17, 15) is 4.79 Å². The van der Waals surface area contributed by atoms with E-state index >= 15 is 0 Å². The highest BCUT2D eigenvalue weighted by Gasteiger charge is 2.20. The second-order valence-electron chi connectivity index (χ2n) is 12.9. The van der Waals surface area contributed by atoms with Gasteiger partial charge in [0.05, 0.1) is 12.2 Å². The lowest BCUT2D eigenvalue weighted by molar-refractivity contribution is 0.0734. The first-order valence-electron chi connectivity index (χ1n) is 17.7. The number of ether oxygens (including phenoxy) is 2. The molecule has 0 radical (unpaired) electrons. The van der Waals surface area contributed by atoms with Crippen molar-refractivity contribution < 1.29 is 14.3 Å². The number of esters is 1. The smallest absolute Gasteiger partial charge is 0.343 e. The van der Waals surface area contributed by atoms with Gasteiger partial charge >= 0.3 is 5.97 Å². The minimum Gasteiger partial charge on any atom is -0.494 e. The number of rotatable bonds is 22. The molecule has 0 N–H and O–H groups in total. The Morgan fingerprint density at radius 3 is 1.69 bits per heavy atom. The van der Waals surface area contributed by atoms with E-state index in [1.165, 1.54) is 128 Å². The second-order valence-corrected chi connectivity index (χ2v) is 12.9. The van der Waals surface area contributed by atoms with Crippen molar-refractivity contribution in [2.24, 2.45) is 11.8 Å². The molecular weight excluding hydrogens is 516 g/mol. The Morgan fingerprint density at radius 2 is 1.10 bits per heavy atom. The molecule has 42 heavy (non-hydrogen) atoms. The van der Waals surface area contributed by atoms with E-state index in [0.717, 1.165) is 37.0 Å². The van der Waals surface area contributed by atoms with Crippen molar-refractivity contribution in [3.8, 4) is 11.5 Å². The highest BCUT2D eigenvalue weighted by atomic mass is 16.5. The average Bonchev–Trinajstić information content (AvgIpc) is 3.02.